The molecule has 1 fully saturated rings. The van der Waals surface area contributed by atoms with Gasteiger partial charge in [0.25, 0.3) is 0 Å². The number of carbonyl (C=O) groups is 2. The van der Waals surface area contributed by atoms with Crippen LogP contribution in [-0.2, 0) is 28.9 Å². The van der Waals surface area contributed by atoms with Gasteiger partial charge >= 0.3 is 0 Å². The SMILES string of the molecule is CCc1cc(Br)ccc1NC(=O)[C@@H]1CC(=O)N(c2c(CC)cccc2CC)C1. The maximum Gasteiger partial charge on any atom is 0.229 e. The van der Waals surface area contributed by atoms with Crippen LogP contribution in [0.2, 0.25) is 0 Å². The van der Waals surface area contributed by atoms with E-state index in [-0.39, 0.29) is 24.2 Å². The third kappa shape index (κ3) is 4.14. The van der Waals surface area contributed by atoms with Crippen molar-refractivity contribution in [2.24, 2.45) is 5.92 Å². The molecule has 4 nitrogen and oxygen atoms in total. The Bertz CT molecular complexity index is 872. The Hall–Kier alpha value is -2.14. The second-order valence-electron chi connectivity index (χ2n) is 7.18. The number of aryl methyl sites for hydroxylation is 3. The number of anilines is 2. The van der Waals surface area contributed by atoms with E-state index >= 15 is 0 Å². The van der Waals surface area contributed by atoms with Crippen LogP contribution < -0.4 is 10.2 Å². The molecule has 1 N–H and O–H groups in total. The summed E-state index contributed by atoms with van der Waals surface area (Å²) in [6, 6.07) is 12.1. The Kier molecular flexibility index (Phi) is 6.55. The van der Waals surface area contributed by atoms with Crippen molar-refractivity contribution in [1.82, 2.24) is 0 Å². The molecule has 0 unspecified atom stereocenters. The third-order valence-electron chi connectivity index (χ3n) is 5.44. The fourth-order valence-corrected chi connectivity index (χ4v) is 4.28. The quantitative estimate of drug-likeness (QED) is 0.673. The molecule has 2 aromatic rings. The number of nitrogens with one attached hydrogen (secondary N) is 1. The summed E-state index contributed by atoms with van der Waals surface area (Å²) in [5, 5.41) is 3.04. The van der Waals surface area contributed by atoms with Crippen molar-refractivity contribution in [3.63, 3.8) is 0 Å². The summed E-state index contributed by atoms with van der Waals surface area (Å²) >= 11 is 3.47. The zero-order valence-corrected chi connectivity index (χ0v) is 18.3. The van der Waals surface area contributed by atoms with E-state index in [0.29, 0.717) is 6.54 Å². The van der Waals surface area contributed by atoms with Crippen LogP contribution in [-0.4, -0.2) is 18.4 Å². The summed E-state index contributed by atoms with van der Waals surface area (Å²) in [6.45, 7) is 6.70. The van der Waals surface area contributed by atoms with Crippen LogP contribution in [0, 0.1) is 5.92 Å². The first-order valence-electron chi connectivity index (χ1n) is 9.98. The molecule has 2 amide bonds. The van der Waals surface area contributed by atoms with Crippen molar-refractivity contribution < 1.29 is 9.59 Å². The van der Waals surface area contributed by atoms with Gasteiger partial charge in [-0.2, -0.15) is 0 Å². The van der Waals surface area contributed by atoms with E-state index in [9.17, 15) is 9.59 Å². The second kappa shape index (κ2) is 8.91. The number of carbonyl (C=O) groups excluding carboxylic acids is 2. The van der Waals surface area contributed by atoms with Gasteiger partial charge < -0.3 is 10.2 Å². The van der Waals surface area contributed by atoms with Gasteiger partial charge in [-0.15, -0.1) is 0 Å². The number of amides is 2. The summed E-state index contributed by atoms with van der Waals surface area (Å²) in [6.07, 6.45) is 2.81. The first kappa shape index (κ1) is 20.6. The standard InChI is InChI=1S/C23H27BrN2O2/c1-4-15-8-7-9-16(5-2)22(15)26-14-18(13-21(26)27)23(28)25-20-11-10-19(24)12-17(20)6-3/h7-12,18H,4-6,13-14H2,1-3H3,(H,25,28)/t18-/m1/s1. The molecular formula is C23H27BrN2O2. The summed E-state index contributed by atoms with van der Waals surface area (Å²) < 4.78 is 0.993. The van der Waals surface area contributed by atoms with Gasteiger partial charge in [-0.1, -0.05) is 54.9 Å². The molecule has 1 aliphatic rings. The zero-order chi connectivity index (χ0) is 20.3. The van der Waals surface area contributed by atoms with Gasteiger partial charge in [0.05, 0.1) is 5.92 Å². The maximum atomic E-state index is 12.9. The van der Waals surface area contributed by atoms with Gasteiger partial charge in [0.15, 0.2) is 0 Å². The van der Waals surface area contributed by atoms with E-state index in [1.165, 1.54) is 0 Å². The van der Waals surface area contributed by atoms with Crippen LogP contribution in [0.25, 0.3) is 0 Å². The zero-order valence-electron chi connectivity index (χ0n) is 16.7. The van der Waals surface area contributed by atoms with E-state index in [2.05, 4.69) is 54.2 Å². The van der Waals surface area contributed by atoms with E-state index < -0.39 is 0 Å². The highest BCUT2D eigenvalue weighted by atomic mass is 79.9. The van der Waals surface area contributed by atoms with E-state index in [1.54, 1.807) is 0 Å². The molecule has 28 heavy (non-hydrogen) atoms. The van der Waals surface area contributed by atoms with Gasteiger partial charge in [-0.3, -0.25) is 9.59 Å². The lowest BCUT2D eigenvalue weighted by molar-refractivity contribution is -0.122. The minimum Gasteiger partial charge on any atom is -0.326 e. The lowest BCUT2D eigenvalue weighted by atomic mass is 10.0. The first-order valence-corrected chi connectivity index (χ1v) is 10.8. The molecule has 0 aliphatic carbocycles. The number of hydrogen-bond acceptors (Lipinski definition) is 2. The monoisotopic (exact) mass is 442 g/mol. The molecule has 5 heteroatoms. The number of halogens is 1. The number of rotatable bonds is 6. The number of nitrogens with zero attached hydrogens (tertiary/aromatic N) is 1. The minimum atomic E-state index is -0.338. The molecule has 1 heterocycles. The van der Waals surface area contributed by atoms with Crippen LogP contribution in [0.15, 0.2) is 40.9 Å². The lowest BCUT2D eigenvalue weighted by Gasteiger charge is -2.23. The summed E-state index contributed by atoms with van der Waals surface area (Å²) in [5.41, 5.74) is 5.23. The predicted octanol–water partition coefficient (Wildman–Crippen LogP) is 5.13. The Balaban J connectivity index is 1.81. The maximum absolute atomic E-state index is 12.9. The number of para-hydroxylation sites is 1. The van der Waals surface area contributed by atoms with Crippen molar-refractivity contribution in [3.05, 3.63) is 57.6 Å². The van der Waals surface area contributed by atoms with Gasteiger partial charge in [-0.25, -0.2) is 0 Å². The minimum absolute atomic E-state index is 0.0299. The van der Waals surface area contributed by atoms with Crippen LogP contribution in [0.1, 0.15) is 43.9 Å². The predicted molar refractivity (Wildman–Crippen MR) is 118 cm³/mol. The Labute approximate surface area is 175 Å². The average Bonchev–Trinajstić information content (AvgIpc) is 3.09. The van der Waals surface area contributed by atoms with Crippen molar-refractivity contribution >= 4 is 39.1 Å². The molecule has 0 saturated carbocycles. The number of benzene rings is 2. The van der Waals surface area contributed by atoms with Crippen LogP contribution in [0.4, 0.5) is 11.4 Å². The normalized spacial score (nSPS) is 16.5. The van der Waals surface area contributed by atoms with E-state index in [0.717, 1.165) is 51.8 Å². The van der Waals surface area contributed by atoms with Gasteiger partial charge in [0, 0.05) is 28.8 Å². The molecule has 0 aromatic heterocycles. The van der Waals surface area contributed by atoms with Gasteiger partial charge in [0.2, 0.25) is 11.8 Å². The lowest BCUT2D eigenvalue weighted by Crippen LogP contribution is -2.29. The van der Waals surface area contributed by atoms with Crippen molar-refractivity contribution in [3.8, 4) is 0 Å². The molecule has 148 valence electrons. The molecule has 0 radical (unpaired) electrons. The first-order chi connectivity index (χ1) is 13.5. The van der Waals surface area contributed by atoms with Crippen LogP contribution in [0.3, 0.4) is 0 Å². The molecule has 1 aliphatic heterocycles. The van der Waals surface area contributed by atoms with Crippen molar-refractivity contribution in [2.75, 3.05) is 16.8 Å². The highest BCUT2D eigenvalue weighted by Gasteiger charge is 2.36. The Morgan fingerprint density at radius 3 is 2.32 bits per heavy atom. The largest absolute Gasteiger partial charge is 0.326 e. The Morgan fingerprint density at radius 2 is 1.71 bits per heavy atom. The van der Waals surface area contributed by atoms with Gasteiger partial charge in [0.1, 0.15) is 0 Å². The summed E-state index contributed by atoms with van der Waals surface area (Å²) in [4.78, 5) is 27.5. The molecule has 0 spiro atoms. The van der Waals surface area contributed by atoms with Gasteiger partial charge in [-0.05, 0) is 54.2 Å². The molecule has 1 atom stereocenters. The fourth-order valence-electron chi connectivity index (χ4n) is 3.87. The Morgan fingerprint density at radius 1 is 1.07 bits per heavy atom. The van der Waals surface area contributed by atoms with Crippen LogP contribution in [0.5, 0.6) is 0 Å². The smallest absolute Gasteiger partial charge is 0.229 e. The summed E-state index contributed by atoms with van der Waals surface area (Å²) in [7, 11) is 0. The van der Waals surface area contributed by atoms with E-state index in [4.69, 9.17) is 0 Å². The molecule has 0 bridgehead atoms. The molecule has 3 rings (SSSR count). The third-order valence-corrected chi connectivity index (χ3v) is 5.93. The van der Waals surface area contributed by atoms with Crippen molar-refractivity contribution in [2.45, 2.75) is 46.5 Å². The molecule has 2 aromatic carbocycles. The number of hydrogen-bond donors (Lipinski definition) is 1. The summed E-state index contributed by atoms with van der Waals surface area (Å²) in [5.74, 6) is -0.391. The molecular weight excluding hydrogens is 416 g/mol. The fraction of sp³-hybridized carbons (Fsp3) is 0.391. The van der Waals surface area contributed by atoms with Crippen molar-refractivity contribution in [1.29, 1.82) is 0 Å². The average molecular weight is 443 g/mol. The van der Waals surface area contributed by atoms with Crippen LogP contribution >= 0.6 is 15.9 Å². The second-order valence-corrected chi connectivity index (χ2v) is 8.10. The highest BCUT2D eigenvalue weighted by Crippen LogP contribution is 2.33. The van der Waals surface area contributed by atoms with E-state index in [1.807, 2.05) is 29.2 Å². The highest BCUT2D eigenvalue weighted by molar-refractivity contribution is 9.10. The molecule has 1 saturated heterocycles. The topological polar surface area (TPSA) is 49.4 Å².